The fourth-order valence-corrected chi connectivity index (χ4v) is 3.81. The number of methoxy groups -OCH3 is 1. The van der Waals surface area contributed by atoms with Crippen molar-refractivity contribution in [3.05, 3.63) is 84.4 Å². The molecule has 29 heavy (non-hydrogen) atoms. The number of nitrogens with one attached hydrogen (secondary N) is 1. The Morgan fingerprint density at radius 3 is 2.52 bits per heavy atom. The fraction of sp³-hybridized carbons (Fsp3) is 0.167. The normalized spacial score (nSPS) is 17.9. The maximum Gasteiger partial charge on any atom is 0.145 e. The zero-order valence-corrected chi connectivity index (χ0v) is 16.0. The summed E-state index contributed by atoms with van der Waals surface area (Å²) in [5.41, 5.74) is 3.94. The number of fused-ring (bicyclic) bond motifs is 1. The van der Waals surface area contributed by atoms with Gasteiger partial charge < -0.3 is 10.1 Å². The molecule has 1 N–H and O–H groups in total. The maximum absolute atomic E-state index is 13.3. The lowest BCUT2D eigenvalue weighted by Gasteiger charge is -2.13. The molecule has 144 valence electrons. The molecular weight excluding hydrogens is 365 g/mol. The summed E-state index contributed by atoms with van der Waals surface area (Å²) >= 11 is 0. The highest BCUT2D eigenvalue weighted by atomic mass is 19.1. The van der Waals surface area contributed by atoms with Gasteiger partial charge >= 0.3 is 0 Å². The predicted octanol–water partition coefficient (Wildman–Crippen LogP) is 5.41. The monoisotopic (exact) mass is 385 g/mol. The van der Waals surface area contributed by atoms with Gasteiger partial charge in [-0.1, -0.05) is 42.5 Å². The van der Waals surface area contributed by atoms with Gasteiger partial charge in [0.05, 0.1) is 7.11 Å². The zero-order chi connectivity index (χ0) is 19.8. The molecule has 5 heteroatoms. The van der Waals surface area contributed by atoms with Crippen molar-refractivity contribution < 1.29 is 9.13 Å². The van der Waals surface area contributed by atoms with Gasteiger partial charge in [-0.15, -0.1) is 0 Å². The highest BCUT2D eigenvalue weighted by Gasteiger charge is 2.38. The van der Waals surface area contributed by atoms with E-state index < -0.39 is 0 Å². The van der Waals surface area contributed by atoms with Crippen molar-refractivity contribution in [2.45, 2.75) is 18.4 Å². The number of anilines is 1. The third-order valence-electron chi connectivity index (χ3n) is 5.44. The van der Waals surface area contributed by atoms with Crippen molar-refractivity contribution >= 4 is 16.7 Å². The number of hydrogen-bond donors (Lipinski definition) is 1. The highest BCUT2D eigenvalue weighted by molar-refractivity contribution is 5.96. The lowest BCUT2D eigenvalue weighted by atomic mass is 10.0. The SMILES string of the molecule is COc1cc(-c2ccc(F)cc2)cc2c(NC3CC3c3ccccc3)ncnc12. The van der Waals surface area contributed by atoms with Crippen LogP contribution in [0.2, 0.25) is 0 Å². The molecule has 2 unspecified atom stereocenters. The van der Waals surface area contributed by atoms with Gasteiger partial charge in [-0.2, -0.15) is 0 Å². The molecule has 0 radical (unpaired) electrons. The van der Waals surface area contributed by atoms with Gasteiger partial charge in [0.1, 0.15) is 29.2 Å². The van der Waals surface area contributed by atoms with Crippen molar-refractivity contribution in [2.24, 2.45) is 0 Å². The second-order valence-corrected chi connectivity index (χ2v) is 7.31. The summed E-state index contributed by atoms with van der Waals surface area (Å²) in [6.07, 6.45) is 2.63. The Balaban J connectivity index is 1.52. The minimum absolute atomic E-state index is 0.257. The molecule has 0 aliphatic heterocycles. The summed E-state index contributed by atoms with van der Waals surface area (Å²) in [5.74, 6) is 1.69. The third kappa shape index (κ3) is 3.40. The molecule has 2 atom stereocenters. The number of ether oxygens (including phenoxy) is 1. The fourth-order valence-electron chi connectivity index (χ4n) is 3.81. The zero-order valence-electron chi connectivity index (χ0n) is 16.0. The summed E-state index contributed by atoms with van der Waals surface area (Å²) in [6, 6.07) is 21.3. The van der Waals surface area contributed by atoms with E-state index in [0.717, 1.165) is 34.3 Å². The maximum atomic E-state index is 13.3. The average molecular weight is 385 g/mol. The summed E-state index contributed by atoms with van der Waals surface area (Å²) in [6.45, 7) is 0. The number of aromatic nitrogens is 2. The van der Waals surface area contributed by atoms with E-state index in [2.05, 4.69) is 39.6 Å². The molecule has 1 heterocycles. The summed E-state index contributed by atoms with van der Waals surface area (Å²) < 4.78 is 18.9. The Morgan fingerprint density at radius 1 is 0.966 bits per heavy atom. The van der Waals surface area contributed by atoms with Gasteiger partial charge in [-0.3, -0.25) is 0 Å². The first-order chi connectivity index (χ1) is 14.2. The van der Waals surface area contributed by atoms with E-state index in [1.165, 1.54) is 17.7 Å². The van der Waals surface area contributed by atoms with E-state index in [1.807, 2.05) is 18.2 Å². The molecular formula is C24H20FN3O. The Labute approximate surface area is 168 Å². The minimum atomic E-state index is -0.257. The lowest BCUT2D eigenvalue weighted by molar-refractivity contribution is 0.419. The molecule has 1 fully saturated rings. The van der Waals surface area contributed by atoms with Gasteiger partial charge in [-0.25, -0.2) is 14.4 Å². The Hall–Kier alpha value is -3.47. The Bertz CT molecular complexity index is 1160. The van der Waals surface area contributed by atoms with Crippen LogP contribution in [0, 0.1) is 5.82 Å². The van der Waals surface area contributed by atoms with Crippen molar-refractivity contribution in [1.82, 2.24) is 9.97 Å². The number of rotatable bonds is 5. The van der Waals surface area contributed by atoms with Crippen LogP contribution >= 0.6 is 0 Å². The van der Waals surface area contributed by atoms with Gasteiger partial charge in [0.2, 0.25) is 0 Å². The Morgan fingerprint density at radius 2 is 1.76 bits per heavy atom. The van der Waals surface area contributed by atoms with Gasteiger partial charge in [0.25, 0.3) is 0 Å². The molecule has 4 aromatic rings. The van der Waals surface area contributed by atoms with Crippen LogP contribution in [0.1, 0.15) is 17.9 Å². The van der Waals surface area contributed by atoms with Gasteiger partial charge in [0.15, 0.2) is 0 Å². The quantitative estimate of drug-likeness (QED) is 0.499. The first-order valence-electron chi connectivity index (χ1n) is 9.63. The van der Waals surface area contributed by atoms with Crippen molar-refractivity contribution in [1.29, 1.82) is 0 Å². The molecule has 1 saturated carbocycles. The smallest absolute Gasteiger partial charge is 0.145 e. The third-order valence-corrected chi connectivity index (χ3v) is 5.44. The predicted molar refractivity (Wildman–Crippen MR) is 113 cm³/mol. The van der Waals surface area contributed by atoms with Gasteiger partial charge in [0, 0.05) is 17.3 Å². The van der Waals surface area contributed by atoms with E-state index in [1.54, 1.807) is 25.6 Å². The number of benzene rings is 3. The highest BCUT2D eigenvalue weighted by Crippen LogP contribution is 2.43. The minimum Gasteiger partial charge on any atom is -0.494 e. The first-order valence-corrected chi connectivity index (χ1v) is 9.63. The summed E-state index contributed by atoms with van der Waals surface area (Å²) in [5, 5.41) is 4.47. The van der Waals surface area contributed by atoms with E-state index >= 15 is 0 Å². The molecule has 0 spiro atoms. The Kier molecular flexibility index (Phi) is 4.35. The van der Waals surface area contributed by atoms with Gasteiger partial charge in [-0.05, 0) is 47.4 Å². The average Bonchev–Trinajstić information content (AvgIpc) is 3.53. The van der Waals surface area contributed by atoms with Crippen molar-refractivity contribution in [3.63, 3.8) is 0 Å². The van der Waals surface area contributed by atoms with Crippen LogP contribution in [-0.2, 0) is 0 Å². The molecule has 4 nitrogen and oxygen atoms in total. The standard InChI is InChI=1S/C24H20FN3O/c1-29-22-12-17(15-7-9-18(25)10-8-15)11-20-23(22)26-14-27-24(20)28-21-13-19(21)16-5-3-2-4-6-16/h2-12,14,19,21H,13H2,1H3,(H,26,27,28). The molecule has 1 aliphatic rings. The summed E-state index contributed by atoms with van der Waals surface area (Å²) in [7, 11) is 1.63. The van der Waals surface area contributed by atoms with Crippen LogP contribution in [0.15, 0.2) is 73.1 Å². The lowest BCUT2D eigenvalue weighted by Crippen LogP contribution is -2.07. The van der Waals surface area contributed by atoms with E-state index in [4.69, 9.17) is 4.74 Å². The second-order valence-electron chi connectivity index (χ2n) is 7.31. The van der Waals surface area contributed by atoms with Crippen LogP contribution < -0.4 is 10.1 Å². The van der Waals surface area contributed by atoms with Crippen LogP contribution in [0.5, 0.6) is 5.75 Å². The van der Waals surface area contributed by atoms with Crippen LogP contribution in [-0.4, -0.2) is 23.1 Å². The molecule has 5 rings (SSSR count). The molecule has 0 saturated heterocycles. The summed E-state index contributed by atoms with van der Waals surface area (Å²) in [4.78, 5) is 8.93. The van der Waals surface area contributed by atoms with Crippen LogP contribution in [0.3, 0.4) is 0 Å². The number of hydrogen-bond acceptors (Lipinski definition) is 4. The van der Waals surface area contributed by atoms with Crippen molar-refractivity contribution in [3.8, 4) is 16.9 Å². The number of nitrogens with zero attached hydrogens (tertiary/aromatic N) is 2. The topological polar surface area (TPSA) is 47.0 Å². The van der Waals surface area contributed by atoms with Crippen molar-refractivity contribution in [2.75, 3.05) is 12.4 Å². The second kappa shape index (κ2) is 7.17. The van der Waals surface area contributed by atoms with Crippen LogP contribution in [0.25, 0.3) is 22.0 Å². The van der Waals surface area contributed by atoms with E-state index in [9.17, 15) is 4.39 Å². The molecule has 0 bridgehead atoms. The molecule has 1 aliphatic carbocycles. The largest absolute Gasteiger partial charge is 0.494 e. The molecule has 1 aromatic heterocycles. The first kappa shape index (κ1) is 17.6. The molecule has 3 aromatic carbocycles. The van der Waals surface area contributed by atoms with E-state index in [0.29, 0.717) is 17.7 Å². The number of halogens is 1. The van der Waals surface area contributed by atoms with Crippen LogP contribution in [0.4, 0.5) is 10.2 Å². The molecule has 0 amide bonds. The van der Waals surface area contributed by atoms with E-state index in [-0.39, 0.29) is 5.82 Å².